The van der Waals surface area contributed by atoms with Gasteiger partial charge in [0, 0.05) is 51.2 Å². The van der Waals surface area contributed by atoms with Crippen LogP contribution in [0.25, 0.3) is 5.65 Å². The van der Waals surface area contributed by atoms with Crippen molar-refractivity contribution in [2.24, 2.45) is 0 Å². The molecule has 13 heteroatoms. The summed E-state index contributed by atoms with van der Waals surface area (Å²) in [4.78, 5) is 18.8. The molecule has 2 aliphatic rings. The lowest BCUT2D eigenvalue weighted by molar-refractivity contribution is 0.0250. The molecule has 2 aromatic heterocycles. The van der Waals surface area contributed by atoms with E-state index in [2.05, 4.69) is 4.98 Å². The standard InChI is InChI=1S/C26H29F3N4O5S/c1-31(9-8-27)39(35,36)26(34)23-14-30-25-5-3-19(16-33(23)25)32-15-18(29)13-22(32)21-12-17(28)2-4-24(21)38-20-6-10-37-11-7-20/h2-5,12,14,16,18,20,22H,6-11,13,15H2,1H3. The molecular formula is C26H29F3N4O5S. The van der Waals surface area contributed by atoms with Crippen molar-refractivity contribution in [2.45, 2.75) is 37.6 Å². The van der Waals surface area contributed by atoms with Gasteiger partial charge in [-0.25, -0.2) is 26.6 Å². The first kappa shape index (κ1) is 27.4. The first-order chi connectivity index (χ1) is 18.7. The highest BCUT2D eigenvalue weighted by Gasteiger charge is 2.37. The molecule has 39 heavy (non-hydrogen) atoms. The van der Waals surface area contributed by atoms with Crippen molar-refractivity contribution in [3.63, 3.8) is 0 Å². The molecule has 4 heterocycles. The quantitative estimate of drug-likeness (QED) is 0.411. The molecule has 0 saturated carbocycles. The zero-order valence-corrected chi connectivity index (χ0v) is 22.1. The summed E-state index contributed by atoms with van der Waals surface area (Å²) >= 11 is 0. The molecule has 0 bridgehead atoms. The summed E-state index contributed by atoms with van der Waals surface area (Å²) in [6.45, 7) is -0.279. The minimum absolute atomic E-state index is 0.00108. The number of hydrogen-bond acceptors (Lipinski definition) is 7. The molecule has 5 rings (SSSR count). The van der Waals surface area contributed by atoms with Crippen LogP contribution in [0.5, 0.6) is 5.75 Å². The zero-order valence-electron chi connectivity index (χ0n) is 21.3. The predicted octanol–water partition coefficient (Wildman–Crippen LogP) is 3.69. The SMILES string of the molecule is CN(CCF)S(=O)(=O)C(=O)c1cnc2ccc(N3CC(F)CC3c3cc(F)ccc3OC3CCOCC3)cn12. The number of alkyl halides is 2. The monoisotopic (exact) mass is 566 g/mol. The van der Waals surface area contributed by atoms with Crippen LogP contribution in [-0.4, -0.2) is 79.5 Å². The van der Waals surface area contributed by atoms with Gasteiger partial charge < -0.3 is 14.4 Å². The van der Waals surface area contributed by atoms with Gasteiger partial charge in [-0.05, 0) is 30.3 Å². The maximum atomic E-state index is 14.9. The van der Waals surface area contributed by atoms with Gasteiger partial charge in [0.05, 0.1) is 31.1 Å². The number of nitrogens with zero attached hydrogens (tertiary/aromatic N) is 4. The molecule has 1 aromatic carbocycles. The Balaban J connectivity index is 1.50. The van der Waals surface area contributed by atoms with Crippen LogP contribution in [0.15, 0.2) is 42.7 Å². The zero-order chi connectivity index (χ0) is 27.7. The van der Waals surface area contributed by atoms with Gasteiger partial charge in [-0.1, -0.05) is 0 Å². The van der Waals surface area contributed by atoms with E-state index in [9.17, 15) is 26.4 Å². The van der Waals surface area contributed by atoms with E-state index in [1.165, 1.54) is 22.7 Å². The molecule has 0 amide bonds. The van der Waals surface area contributed by atoms with Crippen molar-refractivity contribution in [1.29, 1.82) is 0 Å². The molecular weight excluding hydrogens is 537 g/mol. The van der Waals surface area contributed by atoms with Crippen LogP contribution in [0.3, 0.4) is 0 Å². The third-order valence-corrected chi connectivity index (χ3v) is 8.80. The number of carbonyl (C=O) groups excluding carboxylic acids is 1. The summed E-state index contributed by atoms with van der Waals surface area (Å²) in [5.41, 5.74) is 1.04. The molecule has 3 aromatic rings. The summed E-state index contributed by atoms with van der Waals surface area (Å²) in [5.74, 6) is -0.0129. The molecule has 0 aliphatic carbocycles. The number of aromatic nitrogens is 2. The molecule has 0 N–H and O–H groups in total. The highest BCUT2D eigenvalue weighted by molar-refractivity contribution is 8.04. The summed E-state index contributed by atoms with van der Waals surface area (Å²) in [6, 6.07) is 6.90. The summed E-state index contributed by atoms with van der Waals surface area (Å²) in [6.07, 6.45) is 2.78. The Morgan fingerprint density at radius 2 is 2.00 bits per heavy atom. The lowest BCUT2D eigenvalue weighted by Crippen LogP contribution is -2.35. The Hall–Kier alpha value is -3.16. The van der Waals surface area contributed by atoms with E-state index in [0.717, 1.165) is 13.2 Å². The normalized spacial score (nSPS) is 20.7. The molecule has 2 fully saturated rings. The Morgan fingerprint density at radius 1 is 1.23 bits per heavy atom. The first-order valence-electron chi connectivity index (χ1n) is 12.7. The third-order valence-electron chi connectivity index (χ3n) is 7.12. The predicted molar refractivity (Wildman–Crippen MR) is 138 cm³/mol. The average Bonchev–Trinajstić information content (AvgIpc) is 3.53. The Labute approximate surface area is 224 Å². The maximum absolute atomic E-state index is 14.9. The van der Waals surface area contributed by atoms with Gasteiger partial charge in [-0.3, -0.25) is 9.20 Å². The van der Waals surface area contributed by atoms with Gasteiger partial charge in [0.2, 0.25) is 0 Å². The van der Waals surface area contributed by atoms with Crippen molar-refractivity contribution >= 4 is 26.5 Å². The van der Waals surface area contributed by atoms with Gasteiger partial charge in [0.15, 0.2) is 0 Å². The second-order valence-corrected chi connectivity index (χ2v) is 11.6. The minimum Gasteiger partial charge on any atom is -0.490 e. The lowest BCUT2D eigenvalue weighted by Gasteiger charge is -2.30. The third kappa shape index (κ3) is 5.48. The number of rotatable bonds is 8. The fourth-order valence-electron chi connectivity index (χ4n) is 5.03. The second kappa shape index (κ2) is 11.1. The first-order valence-corrected chi connectivity index (χ1v) is 14.1. The minimum atomic E-state index is -4.48. The number of ether oxygens (including phenoxy) is 2. The topological polar surface area (TPSA) is 93.5 Å². The fraction of sp³-hybridized carbons (Fsp3) is 0.462. The van der Waals surface area contributed by atoms with Crippen LogP contribution >= 0.6 is 0 Å². The highest BCUT2D eigenvalue weighted by atomic mass is 32.2. The molecule has 0 spiro atoms. The van der Waals surface area contributed by atoms with Crippen LogP contribution in [0.2, 0.25) is 0 Å². The van der Waals surface area contributed by atoms with Crippen molar-refractivity contribution < 1.29 is 35.9 Å². The Morgan fingerprint density at radius 3 is 2.74 bits per heavy atom. The van der Waals surface area contributed by atoms with Gasteiger partial charge in [-0.2, -0.15) is 4.31 Å². The number of halogens is 3. The van der Waals surface area contributed by atoms with Crippen molar-refractivity contribution in [3.8, 4) is 5.75 Å². The van der Waals surface area contributed by atoms with E-state index >= 15 is 0 Å². The summed E-state index contributed by atoms with van der Waals surface area (Å²) in [5, 5.41) is -1.23. The van der Waals surface area contributed by atoms with E-state index in [4.69, 9.17) is 9.47 Å². The van der Waals surface area contributed by atoms with Crippen LogP contribution < -0.4 is 9.64 Å². The molecule has 2 unspecified atom stereocenters. The van der Waals surface area contributed by atoms with Gasteiger partial charge in [0.25, 0.3) is 10.0 Å². The summed E-state index contributed by atoms with van der Waals surface area (Å²) < 4.78 is 80.9. The fourth-order valence-corrected chi connectivity index (χ4v) is 6.04. The van der Waals surface area contributed by atoms with Crippen LogP contribution in [0, 0.1) is 5.82 Å². The number of fused-ring (bicyclic) bond motifs is 1. The van der Waals surface area contributed by atoms with E-state index in [1.807, 2.05) is 0 Å². The van der Waals surface area contributed by atoms with Gasteiger partial charge in [0.1, 0.15) is 41.9 Å². The number of hydrogen-bond donors (Lipinski definition) is 0. The van der Waals surface area contributed by atoms with Gasteiger partial charge >= 0.3 is 5.12 Å². The van der Waals surface area contributed by atoms with E-state index in [0.29, 0.717) is 53.0 Å². The van der Waals surface area contributed by atoms with Gasteiger partial charge in [-0.15, -0.1) is 0 Å². The number of sulfonamides is 1. The molecule has 2 atom stereocenters. The van der Waals surface area contributed by atoms with E-state index < -0.39 is 46.4 Å². The van der Waals surface area contributed by atoms with Crippen LogP contribution in [0.4, 0.5) is 18.9 Å². The number of benzene rings is 1. The van der Waals surface area contributed by atoms with Crippen molar-refractivity contribution in [3.05, 3.63) is 59.8 Å². The maximum Gasteiger partial charge on any atom is 0.310 e. The Bertz CT molecular complexity index is 1460. The van der Waals surface area contributed by atoms with Crippen LogP contribution in [-0.2, 0) is 14.8 Å². The van der Waals surface area contributed by atoms with Crippen LogP contribution in [0.1, 0.15) is 41.4 Å². The number of anilines is 1. The second-order valence-electron chi connectivity index (χ2n) is 9.67. The summed E-state index contributed by atoms with van der Waals surface area (Å²) in [7, 11) is -3.36. The number of imidazole rings is 1. The highest BCUT2D eigenvalue weighted by Crippen LogP contribution is 2.42. The Kier molecular flexibility index (Phi) is 7.83. The average molecular weight is 567 g/mol. The van der Waals surface area contributed by atoms with Crippen molar-refractivity contribution in [2.75, 3.05) is 44.9 Å². The lowest BCUT2D eigenvalue weighted by atomic mass is 10.0. The largest absolute Gasteiger partial charge is 0.490 e. The smallest absolute Gasteiger partial charge is 0.310 e. The number of carbonyl (C=O) groups is 1. The molecule has 2 saturated heterocycles. The van der Waals surface area contributed by atoms with E-state index in [1.54, 1.807) is 23.1 Å². The molecule has 9 nitrogen and oxygen atoms in total. The van der Waals surface area contributed by atoms with E-state index in [-0.39, 0.29) is 24.8 Å². The number of pyridine rings is 1. The molecule has 2 aliphatic heterocycles. The molecule has 210 valence electrons. The molecule has 0 radical (unpaired) electrons. The van der Waals surface area contributed by atoms with Crippen molar-refractivity contribution in [1.82, 2.24) is 13.7 Å².